The first kappa shape index (κ1) is 11.3. The van der Waals surface area contributed by atoms with Crippen molar-refractivity contribution >= 4 is 14.6 Å². The summed E-state index contributed by atoms with van der Waals surface area (Å²) in [6.07, 6.45) is 0. The quantitative estimate of drug-likeness (QED) is 0.172. The van der Waals surface area contributed by atoms with E-state index < -0.39 is 8.69 Å². The smallest absolute Gasteiger partial charge is 0.436 e. The summed E-state index contributed by atoms with van der Waals surface area (Å²) >= 11 is 0. The van der Waals surface area contributed by atoms with E-state index in [1.165, 1.54) is 0 Å². The van der Waals surface area contributed by atoms with E-state index in [-0.39, 0.29) is 0 Å². The Labute approximate surface area is 55.3 Å². The molecule has 5 N–H and O–H groups in total. The fraction of sp³-hybridized carbons (Fsp3) is 0.667. The summed E-state index contributed by atoms with van der Waals surface area (Å²) in [5.41, 5.74) is 8.62. The maximum atomic E-state index is 8.35. The molecule has 0 rings (SSSR count). The van der Waals surface area contributed by atoms with Gasteiger partial charge < -0.3 is 4.89 Å². The van der Waals surface area contributed by atoms with Crippen molar-refractivity contribution in [3.63, 3.8) is 0 Å². The fourth-order valence-corrected chi connectivity index (χ4v) is 0. The van der Waals surface area contributed by atoms with Gasteiger partial charge in [-0.05, 0) is 0 Å². The lowest BCUT2D eigenvalue weighted by Gasteiger charge is -1.80. The zero-order chi connectivity index (χ0) is 7.86. The fourth-order valence-electron chi connectivity index (χ4n) is 0. The predicted molar refractivity (Wildman–Crippen MR) is 31.8 cm³/mol. The zero-order valence-corrected chi connectivity index (χ0v) is 6.39. The van der Waals surface area contributed by atoms with Crippen molar-refractivity contribution in [3.05, 3.63) is 0 Å². The molecule has 0 saturated heterocycles. The molecule has 0 fully saturated rings. The average molecular weight is 152 g/mol. The summed E-state index contributed by atoms with van der Waals surface area (Å²) in [7, 11) is 2.62. The molecule has 9 heavy (non-hydrogen) atoms. The molecule has 0 aromatic rings. The summed E-state index contributed by atoms with van der Waals surface area (Å²) < 4.78 is 10.1. The Kier molecular flexibility index (Phi) is 9.41. The monoisotopic (exact) mass is 152 g/mol. The molecule has 0 unspecified atom stereocenters. The molecule has 54 valence electrons. The van der Waals surface area contributed by atoms with Crippen LogP contribution >= 0.6 is 8.69 Å². The number of quaternary nitrogens is 1. The van der Waals surface area contributed by atoms with Gasteiger partial charge in [-0.2, -0.15) is 0 Å². The van der Waals surface area contributed by atoms with Crippen LogP contribution in [0.4, 0.5) is 0 Å². The van der Waals surface area contributed by atoms with Crippen molar-refractivity contribution in [1.29, 1.82) is 0 Å². The molecular formula is C3H11N3O2P+. The number of nitrogens with two attached hydrogens (primary N) is 1. The van der Waals surface area contributed by atoms with Crippen molar-refractivity contribution < 1.29 is 19.8 Å². The Bertz CT molecular complexity index is 95.6. The van der Waals surface area contributed by atoms with Crippen molar-refractivity contribution in [1.82, 2.24) is 0 Å². The van der Waals surface area contributed by atoms with Crippen LogP contribution in [0, 0.1) is 0 Å². The van der Waals surface area contributed by atoms with Gasteiger partial charge in [0.15, 0.2) is 0 Å². The van der Waals surface area contributed by atoms with Gasteiger partial charge in [-0.25, -0.2) is 10.3 Å². The molecule has 0 aromatic carbocycles. The molecule has 0 amide bonds. The van der Waals surface area contributed by atoms with Crippen LogP contribution in [0.1, 0.15) is 0 Å². The van der Waals surface area contributed by atoms with Crippen molar-refractivity contribution in [2.75, 3.05) is 14.1 Å². The van der Waals surface area contributed by atoms with E-state index in [1.54, 1.807) is 4.58 Å². The molecule has 0 radical (unpaired) electrons. The van der Waals surface area contributed by atoms with Gasteiger partial charge in [0.2, 0.25) is 0 Å². The third-order valence-corrected chi connectivity index (χ3v) is 0.574. The van der Waals surface area contributed by atoms with Crippen molar-refractivity contribution in [3.8, 4) is 0 Å². The summed E-state index contributed by atoms with van der Waals surface area (Å²) in [6, 6.07) is 0. The summed E-state index contributed by atoms with van der Waals surface area (Å²) in [6.45, 7) is 0. The lowest BCUT2D eigenvalue weighted by atomic mass is 10.9. The van der Waals surface area contributed by atoms with Gasteiger partial charge in [0.05, 0.1) is 22.8 Å². The minimum atomic E-state index is -1.08. The molecule has 6 heteroatoms. The van der Waals surface area contributed by atoms with Gasteiger partial charge in [-0.3, -0.25) is 10.3 Å². The standard InChI is InChI=1S/C3H9N3.HO2P/c1-6(2)3(4)5;1-3-2/h1-2H3,(H3,4,5);(H,1,2)/p+1. The summed E-state index contributed by atoms with van der Waals surface area (Å²) in [5.74, 6) is 0.593. The second-order valence-electron chi connectivity index (χ2n) is 1.46. The Morgan fingerprint density at radius 3 is 1.89 bits per heavy atom. The second-order valence-corrected chi connectivity index (χ2v) is 1.61. The maximum Gasteiger partial charge on any atom is 0.436 e. The average Bonchev–Trinajstić information content (AvgIpc) is 1.68. The maximum absolute atomic E-state index is 8.35. The molecule has 0 aromatic heterocycles. The van der Waals surface area contributed by atoms with Gasteiger partial charge in [-0.1, -0.05) is 0 Å². The largest absolute Gasteiger partial charge is 0.772 e. The minimum absolute atomic E-state index is 0.593. The topological polar surface area (TPSA) is 96.8 Å². The molecule has 0 heterocycles. The normalized spacial score (nSPS) is 7.56. The third kappa shape index (κ3) is 18.5. The summed E-state index contributed by atoms with van der Waals surface area (Å²) in [5, 5.41) is 0. The number of nitrogens with zero attached hydrogens (tertiary/aromatic N) is 1. The van der Waals surface area contributed by atoms with Gasteiger partial charge >= 0.3 is 5.96 Å². The van der Waals surface area contributed by atoms with Crippen LogP contribution in [0.5, 0.6) is 0 Å². The molecule has 0 spiro atoms. The van der Waals surface area contributed by atoms with Crippen molar-refractivity contribution in [2.45, 2.75) is 0 Å². The Balaban J connectivity index is 0. The predicted octanol–water partition coefficient (Wildman–Crippen LogP) is -2.63. The number of hydrogen-bond donors (Lipinski definition) is 2. The molecule has 0 aliphatic rings. The van der Waals surface area contributed by atoms with E-state index >= 15 is 0 Å². The van der Waals surface area contributed by atoms with Crippen LogP contribution in [-0.4, -0.2) is 24.6 Å². The first-order valence-corrected chi connectivity index (χ1v) is 2.86. The van der Waals surface area contributed by atoms with Gasteiger partial charge in [0.1, 0.15) is 0 Å². The van der Waals surface area contributed by atoms with E-state index in [1.807, 2.05) is 14.1 Å². The highest BCUT2D eigenvalue weighted by Gasteiger charge is 1.88. The Hall–Kier alpha value is -0.510. The van der Waals surface area contributed by atoms with Crippen LogP contribution in [0.15, 0.2) is 0 Å². The zero-order valence-electron chi connectivity index (χ0n) is 5.50. The first-order chi connectivity index (χ1) is 4.06. The SMILES string of the molecule is C[N+](C)=C(N)[NH3+].O=P[O-]. The van der Waals surface area contributed by atoms with E-state index in [0.29, 0.717) is 5.96 Å². The molecule has 0 saturated carbocycles. The molecule has 0 atom stereocenters. The summed E-state index contributed by atoms with van der Waals surface area (Å²) in [4.78, 5) is 8.35. The minimum Gasteiger partial charge on any atom is -0.772 e. The van der Waals surface area contributed by atoms with Crippen molar-refractivity contribution in [2.24, 2.45) is 5.73 Å². The van der Waals surface area contributed by atoms with Gasteiger partial charge in [-0.15, -0.1) is 0 Å². The van der Waals surface area contributed by atoms with Crippen LogP contribution in [0.25, 0.3) is 0 Å². The highest BCUT2D eigenvalue weighted by Crippen LogP contribution is 1.53. The highest BCUT2D eigenvalue weighted by atomic mass is 31.1. The second kappa shape index (κ2) is 7.49. The Morgan fingerprint density at radius 1 is 1.78 bits per heavy atom. The van der Waals surface area contributed by atoms with E-state index in [2.05, 4.69) is 5.73 Å². The molecule has 0 aliphatic carbocycles. The van der Waals surface area contributed by atoms with E-state index in [9.17, 15) is 0 Å². The highest BCUT2D eigenvalue weighted by molar-refractivity contribution is 7.14. The molecule has 0 bridgehead atoms. The van der Waals surface area contributed by atoms with Crippen LogP contribution in [0.2, 0.25) is 0 Å². The lowest BCUT2D eigenvalue weighted by molar-refractivity contribution is -0.509. The van der Waals surface area contributed by atoms with Crippen LogP contribution in [-0.2, 0) is 4.57 Å². The number of rotatable bonds is 0. The van der Waals surface area contributed by atoms with Crippen LogP contribution in [0.3, 0.4) is 0 Å². The van der Waals surface area contributed by atoms with Gasteiger partial charge in [0.25, 0.3) is 0 Å². The van der Waals surface area contributed by atoms with E-state index in [0.717, 1.165) is 0 Å². The molecule has 5 nitrogen and oxygen atoms in total. The van der Waals surface area contributed by atoms with Gasteiger partial charge in [0, 0.05) is 0 Å². The number of guanidine groups is 1. The third-order valence-electron chi connectivity index (χ3n) is 0.574. The lowest BCUT2D eigenvalue weighted by Crippen LogP contribution is -2.65. The first-order valence-electron chi connectivity index (χ1n) is 2.13. The Morgan fingerprint density at radius 2 is 1.89 bits per heavy atom. The van der Waals surface area contributed by atoms with E-state index in [4.69, 9.17) is 15.2 Å². The van der Waals surface area contributed by atoms with Crippen LogP contribution < -0.4 is 16.4 Å². The molecular weight excluding hydrogens is 141 g/mol. The number of hydrogen-bond acceptors (Lipinski definition) is 2. The molecule has 0 aliphatic heterocycles.